The molecule has 0 amide bonds. The summed E-state index contributed by atoms with van der Waals surface area (Å²) >= 11 is 6.00. The summed E-state index contributed by atoms with van der Waals surface area (Å²) in [7, 11) is 0. The molecule has 0 spiro atoms. The Labute approximate surface area is 123 Å². The SMILES string of the molecule is N#CCC(O)(COc1ccccc1Cl)c1ccccc1. The number of ether oxygens (including phenoxy) is 1. The van der Waals surface area contributed by atoms with Crippen molar-refractivity contribution in [3.05, 3.63) is 65.2 Å². The molecule has 20 heavy (non-hydrogen) atoms. The van der Waals surface area contributed by atoms with Gasteiger partial charge in [-0.1, -0.05) is 54.1 Å². The average Bonchev–Trinajstić information content (AvgIpc) is 2.48. The number of aliphatic hydroxyl groups is 1. The topological polar surface area (TPSA) is 53.2 Å². The van der Waals surface area contributed by atoms with Crippen molar-refractivity contribution in [2.45, 2.75) is 12.0 Å². The first-order valence-electron chi connectivity index (χ1n) is 6.18. The van der Waals surface area contributed by atoms with Crippen LogP contribution in [0.1, 0.15) is 12.0 Å². The van der Waals surface area contributed by atoms with Gasteiger partial charge in [0, 0.05) is 0 Å². The molecule has 2 aromatic rings. The van der Waals surface area contributed by atoms with Crippen LogP contribution in [0, 0.1) is 11.3 Å². The first-order chi connectivity index (χ1) is 9.65. The van der Waals surface area contributed by atoms with Gasteiger partial charge in [0.25, 0.3) is 0 Å². The number of hydrogen-bond donors (Lipinski definition) is 1. The van der Waals surface area contributed by atoms with Crippen LogP contribution in [0.2, 0.25) is 5.02 Å². The minimum atomic E-state index is -1.35. The molecule has 0 saturated carbocycles. The van der Waals surface area contributed by atoms with Crippen LogP contribution in [-0.4, -0.2) is 11.7 Å². The maximum absolute atomic E-state index is 10.6. The highest BCUT2D eigenvalue weighted by Gasteiger charge is 2.30. The second-order valence-corrected chi connectivity index (χ2v) is 4.86. The molecule has 2 aromatic carbocycles. The minimum absolute atomic E-state index is 0.0334. The summed E-state index contributed by atoms with van der Waals surface area (Å²) in [5.41, 5.74) is -0.705. The van der Waals surface area contributed by atoms with Gasteiger partial charge in [-0.3, -0.25) is 0 Å². The Bertz CT molecular complexity index is 609. The third-order valence-corrected chi connectivity index (χ3v) is 3.30. The smallest absolute Gasteiger partial charge is 0.138 e. The molecular weight excluding hydrogens is 274 g/mol. The highest BCUT2D eigenvalue weighted by molar-refractivity contribution is 6.32. The molecule has 1 unspecified atom stereocenters. The lowest BCUT2D eigenvalue weighted by Gasteiger charge is -2.26. The molecular formula is C16H14ClNO2. The van der Waals surface area contributed by atoms with Gasteiger partial charge in [0.05, 0.1) is 17.5 Å². The summed E-state index contributed by atoms with van der Waals surface area (Å²) < 4.78 is 5.58. The summed E-state index contributed by atoms with van der Waals surface area (Å²) in [4.78, 5) is 0. The number of para-hydroxylation sites is 1. The third kappa shape index (κ3) is 3.30. The van der Waals surface area contributed by atoms with Crippen LogP contribution in [0.4, 0.5) is 0 Å². The van der Waals surface area contributed by atoms with Crippen LogP contribution >= 0.6 is 11.6 Å². The monoisotopic (exact) mass is 287 g/mol. The Morgan fingerprint density at radius 2 is 1.75 bits per heavy atom. The van der Waals surface area contributed by atoms with Crippen LogP contribution in [0.3, 0.4) is 0 Å². The fourth-order valence-electron chi connectivity index (χ4n) is 1.87. The molecule has 4 heteroatoms. The molecule has 0 radical (unpaired) electrons. The highest BCUT2D eigenvalue weighted by atomic mass is 35.5. The maximum atomic E-state index is 10.6. The number of nitriles is 1. The standard InChI is InChI=1S/C16H14ClNO2/c17-14-8-4-5-9-15(14)20-12-16(19,10-11-18)13-6-2-1-3-7-13/h1-9,19H,10,12H2. The lowest BCUT2D eigenvalue weighted by atomic mass is 9.92. The Kier molecular flexibility index (Phi) is 4.62. The molecule has 0 fully saturated rings. The van der Waals surface area contributed by atoms with Gasteiger partial charge in [-0.25, -0.2) is 0 Å². The maximum Gasteiger partial charge on any atom is 0.138 e. The first kappa shape index (κ1) is 14.4. The summed E-state index contributed by atoms with van der Waals surface area (Å²) in [5.74, 6) is 0.487. The van der Waals surface area contributed by atoms with Gasteiger partial charge >= 0.3 is 0 Å². The molecule has 0 heterocycles. The van der Waals surface area contributed by atoms with E-state index in [4.69, 9.17) is 21.6 Å². The van der Waals surface area contributed by atoms with Gasteiger partial charge in [0.1, 0.15) is 18.0 Å². The zero-order chi connectivity index (χ0) is 14.4. The van der Waals surface area contributed by atoms with Crippen LogP contribution in [0.25, 0.3) is 0 Å². The number of nitrogens with zero attached hydrogens (tertiary/aromatic N) is 1. The second-order valence-electron chi connectivity index (χ2n) is 4.45. The summed E-state index contributed by atoms with van der Waals surface area (Å²) in [6.45, 7) is -0.0334. The molecule has 102 valence electrons. The van der Waals surface area contributed by atoms with Crippen LogP contribution in [0.15, 0.2) is 54.6 Å². The van der Waals surface area contributed by atoms with Gasteiger partial charge in [0.15, 0.2) is 0 Å². The number of hydrogen-bond acceptors (Lipinski definition) is 3. The molecule has 1 atom stereocenters. The van der Waals surface area contributed by atoms with E-state index in [9.17, 15) is 5.11 Å². The van der Waals surface area contributed by atoms with Crippen LogP contribution in [-0.2, 0) is 5.60 Å². The number of halogens is 1. The molecule has 1 N–H and O–H groups in total. The lowest BCUT2D eigenvalue weighted by molar-refractivity contribution is -0.00550. The van der Waals surface area contributed by atoms with Crippen molar-refractivity contribution in [1.29, 1.82) is 5.26 Å². The van der Waals surface area contributed by atoms with Crippen LogP contribution in [0.5, 0.6) is 5.75 Å². The normalized spacial score (nSPS) is 13.2. The fraction of sp³-hybridized carbons (Fsp3) is 0.188. The summed E-state index contributed by atoms with van der Waals surface area (Å²) in [6.07, 6.45) is -0.0541. The molecule has 0 saturated heterocycles. The molecule has 3 nitrogen and oxygen atoms in total. The van der Waals surface area contributed by atoms with Gasteiger partial charge in [-0.15, -0.1) is 0 Å². The van der Waals surface area contributed by atoms with Crippen molar-refractivity contribution in [3.63, 3.8) is 0 Å². The van der Waals surface area contributed by atoms with Gasteiger partial charge in [-0.2, -0.15) is 5.26 Å². The van der Waals surface area contributed by atoms with Crippen molar-refractivity contribution >= 4 is 11.6 Å². The molecule has 0 aliphatic heterocycles. The first-order valence-corrected chi connectivity index (χ1v) is 6.56. The fourth-order valence-corrected chi connectivity index (χ4v) is 2.06. The van der Waals surface area contributed by atoms with E-state index in [0.29, 0.717) is 16.3 Å². The predicted octanol–water partition coefficient (Wildman–Crippen LogP) is 3.52. The van der Waals surface area contributed by atoms with Gasteiger partial charge in [0.2, 0.25) is 0 Å². The third-order valence-electron chi connectivity index (χ3n) is 2.99. The van der Waals surface area contributed by atoms with E-state index in [1.54, 1.807) is 36.4 Å². The van der Waals surface area contributed by atoms with E-state index in [1.165, 1.54) is 0 Å². The van der Waals surface area contributed by atoms with Crippen molar-refractivity contribution in [2.75, 3.05) is 6.61 Å². The largest absolute Gasteiger partial charge is 0.489 e. The van der Waals surface area contributed by atoms with Crippen molar-refractivity contribution < 1.29 is 9.84 Å². The van der Waals surface area contributed by atoms with E-state index >= 15 is 0 Å². The summed E-state index contributed by atoms with van der Waals surface area (Å²) in [6, 6.07) is 18.0. The van der Waals surface area contributed by atoms with Gasteiger partial charge < -0.3 is 9.84 Å². The van der Waals surface area contributed by atoms with Crippen molar-refractivity contribution in [2.24, 2.45) is 0 Å². The zero-order valence-electron chi connectivity index (χ0n) is 10.8. The van der Waals surface area contributed by atoms with E-state index in [1.807, 2.05) is 24.3 Å². The molecule has 2 rings (SSSR count). The van der Waals surface area contributed by atoms with E-state index in [-0.39, 0.29) is 13.0 Å². The zero-order valence-corrected chi connectivity index (χ0v) is 11.5. The summed E-state index contributed by atoms with van der Waals surface area (Å²) in [5, 5.41) is 20.0. The molecule has 0 aromatic heterocycles. The van der Waals surface area contributed by atoms with Crippen molar-refractivity contribution in [1.82, 2.24) is 0 Å². The molecule has 0 bridgehead atoms. The minimum Gasteiger partial charge on any atom is -0.489 e. The van der Waals surface area contributed by atoms with Crippen LogP contribution < -0.4 is 4.74 Å². The lowest BCUT2D eigenvalue weighted by Crippen LogP contribution is -2.32. The molecule has 0 aliphatic carbocycles. The number of rotatable bonds is 5. The Morgan fingerprint density at radius 3 is 2.40 bits per heavy atom. The predicted molar refractivity (Wildman–Crippen MR) is 77.5 cm³/mol. The van der Waals surface area contributed by atoms with E-state index < -0.39 is 5.60 Å². The van der Waals surface area contributed by atoms with E-state index in [2.05, 4.69) is 0 Å². The van der Waals surface area contributed by atoms with Gasteiger partial charge in [-0.05, 0) is 17.7 Å². The Balaban J connectivity index is 2.19. The number of benzene rings is 2. The average molecular weight is 288 g/mol. The van der Waals surface area contributed by atoms with E-state index in [0.717, 1.165) is 0 Å². The molecule has 0 aliphatic rings. The quantitative estimate of drug-likeness (QED) is 0.915. The Morgan fingerprint density at radius 1 is 1.10 bits per heavy atom. The highest BCUT2D eigenvalue weighted by Crippen LogP contribution is 2.29. The second kappa shape index (κ2) is 6.42. The van der Waals surface area contributed by atoms with Crippen molar-refractivity contribution in [3.8, 4) is 11.8 Å². The Hall–Kier alpha value is -2.02.